The number of amides is 2. The van der Waals surface area contributed by atoms with E-state index in [2.05, 4.69) is 10.3 Å². The Morgan fingerprint density at radius 1 is 0.971 bits per heavy atom. The smallest absolute Gasteiger partial charge is 0.277 e. The Morgan fingerprint density at radius 2 is 1.68 bits per heavy atom. The third-order valence-electron chi connectivity index (χ3n) is 6.10. The lowest BCUT2D eigenvalue weighted by molar-refractivity contribution is -0.123. The highest BCUT2D eigenvalue weighted by molar-refractivity contribution is 6.09. The molecule has 1 fully saturated rings. The first-order chi connectivity index (χ1) is 16.7. The summed E-state index contributed by atoms with van der Waals surface area (Å²) in [5.41, 5.74) is 1.63. The summed E-state index contributed by atoms with van der Waals surface area (Å²) >= 11 is 0. The molecule has 3 aromatic rings. The van der Waals surface area contributed by atoms with E-state index >= 15 is 0 Å². The van der Waals surface area contributed by atoms with Gasteiger partial charge in [0.25, 0.3) is 5.91 Å². The van der Waals surface area contributed by atoms with Crippen molar-refractivity contribution in [2.24, 2.45) is 0 Å². The summed E-state index contributed by atoms with van der Waals surface area (Å²) in [5.74, 6) is 0.202. The first-order valence-electron chi connectivity index (χ1n) is 12.0. The number of nitrogens with zero attached hydrogens (tertiary/aromatic N) is 2. The van der Waals surface area contributed by atoms with Crippen LogP contribution in [0.3, 0.4) is 0 Å². The molecule has 4 rings (SSSR count). The molecule has 0 aliphatic heterocycles. The summed E-state index contributed by atoms with van der Waals surface area (Å²) in [6.45, 7) is 2.48. The molecule has 0 bridgehead atoms. The molecule has 0 saturated heterocycles. The molecular weight excluding hydrogens is 426 g/mol. The van der Waals surface area contributed by atoms with Gasteiger partial charge < -0.3 is 10.1 Å². The Labute approximate surface area is 201 Å². The highest BCUT2D eigenvalue weighted by atomic mass is 16.5. The highest BCUT2D eigenvalue weighted by Gasteiger charge is 2.35. The Kier molecular flexibility index (Phi) is 7.91. The van der Waals surface area contributed by atoms with Gasteiger partial charge in [-0.3, -0.25) is 19.5 Å². The minimum atomic E-state index is -0.852. The number of ether oxygens (including phenoxy) is 1. The molecule has 1 N–H and O–H groups in total. The molecule has 34 heavy (non-hydrogen) atoms. The molecule has 0 spiro atoms. The Bertz CT molecular complexity index is 1070. The topological polar surface area (TPSA) is 71.5 Å². The van der Waals surface area contributed by atoms with Crippen molar-refractivity contribution in [3.63, 3.8) is 0 Å². The van der Waals surface area contributed by atoms with E-state index < -0.39 is 6.04 Å². The van der Waals surface area contributed by atoms with Gasteiger partial charge in [0.1, 0.15) is 17.5 Å². The van der Waals surface area contributed by atoms with Crippen molar-refractivity contribution in [2.75, 3.05) is 11.5 Å². The second-order valence-electron chi connectivity index (χ2n) is 8.47. The number of hydrogen-bond donors (Lipinski definition) is 1. The summed E-state index contributed by atoms with van der Waals surface area (Å²) in [7, 11) is 0. The average molecular weight is 458 g/mol. The molecule has 1 heterocycles. The number of rotatable bonds is 8. The number of para-hydroxylation sites is 1. The molecule has 0 radical (unpaired) electrons. The molecule has 1 aliphatic carbocycles. The molecule has 6 nitrogen and oxygen atoms in total. The van der Waals surface area contributed by atoms with Crippen LogP contribution < -0.4 is 15.0 Å². The highest BCUT2D eigenvalue weighted by Crippen LogP contribution is 2.31. The first kappa shape index (κ1) is 23.5. The number of hydrogen-bond acceptors (Lipinski definition) is 4. The van der Waals surface area contributed by atoms with E-state index in [1.54, 1.807) is 29.3 Å². The van der Waals surface area contributed by atoms with Gasteiger partial charge >= 0.3 is 0 Å². The summed E-state index contributed by atoms with van der Waals surface area (Å²) in [6.07, 6.45) is 6.91. The average Bonchev–Trinajstić information content (AvgIpc) is 2.89. The largest absolute Gasteiger partial charge is 0.494 e. The minimum absolute atomic E-state index is 0.119. The molecule has 2 aromatic carbocycles. The molecule has 1 saturated carbocycles. The number of benzene rings is 2. The fraction of sp³-hybridized carbons (Fsp3) is 0.321. The number of carbonyl (C=O) groups is 2. The lowest BCUT2D eigenvalue weighted by Gasteiger charge is -2.33. The maximum absolute atomic E-state index is 13.8. The van der Waals surface area contributed by atoms with Gasteiger partial charge in [-0.15, -0.1) is 0 Å². The fourth-order valence-electron chi connectivity index (χ4n) is 4.44. The van der Waals surface area contributed by atoms with Crippen LogP contribution >= 0.6 is 0 Å². The van der Waals surface area contributed by atoms with E-state index in [4.69, 9.17) is 4.74 Å². The zero-order valence-electron chi connectivity index (χ0n) is 19.5. The molecule has 1 aromatic heterocycles. The van der Waals surface area contributed by atoms with Crippen molar-refractivity contribution in [3.05, 3.63) is 90.3 Å². The van der Waals surface area contributed by atoms with Crippen LogP contribution in [0.15, 0.2) is 79.0 Å². The second-order valence-corrected chi connectivity index (χ2v) is 8.47. The van der Waals surface area contributed by atoms with Crippen molar-refractivity contribution in [1.29, 1.82) is 0 Å². The van der Waals surface area contributed by atoms with E-state index in [0.29, 0.717) is 17.9 Å². The SMILES string of the molecule is CCOc1ccc(C(C(=O)NC2CCCCC2)N(C(=O)c2ccccn2)c2ccccc2)cc1. The van der Waals surface area contributed by atoms with Crippen LogP contribution in [0, 0.1) is 0 Å². The van der Waals surface area contributed by atoms with Crippen LogP contribution in [0.5, 0.6) is 5.75 Å². The fourth-order valence-corrected chi connectivity index (χ4v) is 4.44. The minimum Gasteiger partial charge on any atom is -0.494 e. The summed E-state index contributed by atoms with van der Waals surface area (Å²) in [4.78, 5) is 33.4. The van der Waals surface area contributed by atoms with Crippen molar-refractivity contribution in [1.82, 2.24) is 10.3 Å². The van der Waals surface area contributed by atoms with E-state index in [9.17, 15) is 9.59 Å². The molecule has 1 aliphatic rings. The standard InChI is InChI=1S/C28H31N3O3/c1-2-34-24-18-16-21(17-19-24)26(27(32)30-22-11-5-3-6-12-22)31(23-13-7-4-8-14-23)28(33)25-15-9-10-20-29-25/h4,7-10,13-20,22,26H,2-3,5-6,11-12H2,1H3,(H,30,32). The second kappa shape index (κ2) is 11.5. The lowest BCUT2D eigenvalue weighted by atomic mass is 9.94. The third kappa shape index (κ3) is 5.63. The zero-order chi connectivity index (χ0) is 23.8. The lowest BCUT2D eigenvalue weighted by Crippen LogP contribution is -2.47. The van der Waals surface area contributed by atoms with Crippen LogP contribution in [-0.2, 0) is 4.79 Å². The molecule has 6 heteroatoms. The van der Waals surface area contributed by atoms with Crippen molar-refractivity contribution in [3.8, 4) is 5.75 Å². The van der Waals surface area contributed by atoms with E-state index in [1.807, 2.05) is 61.5 Å². The van der Waals surface area contributed by atoms with Crippen molar-refractivity contribution < 1.29 is 14.3 Å². The zero-order valence-corrected chi connectivity index (χ0v) is 19.5. The number of carbonyl (C=O) groups excluding carboxylic acids is 2. The number of nitrogens with one attached hydrogen (secondary N) is 1. The molecule has 1 unspecified atom stereocenters. The Morgan fingerprint density at radius 3 is 2.32 bits per heavy atom. The van der Waals surface area contributed by atoms with Crippen molar-refractivity contribution >= 4 is 17.5 Å². The molecular formula is C28H31N3O3. The monoisotopic (exact) mass is 457 g/mol. The summed E-state index contributed by atoms with van der Waals surface area (Å²) < 4.78 is 5.59. The molecule has 2 amide bonds. The normalized spacial score (nSPS) is 14.7. The number of pyridine rings is 1. The van der Waals surface area contributed by atoms with Crippen LogP contribution in [-0.4, -0.2) is 29.4 Å². The van der Waals surface area contributed by atoms with Crippen LogP contribution in [0.1, 0.15) is 61.1 Å². The maximum Gasteiger partial charge on any atom is 0.277 e. The molecule has 1 atom stereocenters. The summed E-state index contributed by atoms with van der Waals surface area (Å²) in [5, 5.41) is 3.23. The van der Waals surface area contributed by atoms with Crippen molar-refractivity contribution in [2.45, 2.75) is 51.1 Å². The van der Waals surface area contributed by atoms with E-state index in [1.165, 1.54) is 6.42 Å². The van der Waals surface area contributed by atoms with E-state index in [-0.39, 0.29) is 23.6 Å². The Balaban J connectivity index is 1.76. The van der Waals surface area contributed by atoms with Crippen LogP contribution in [0.25, 0.3) is 0 Å². The quantitative estimate of drug-likeness (QED) is 0.497. The maximum atomic E-state index is 13.8. The van der Waals surface area contributed by atoms with Gasteiger partial charge in [0.15, 0.2) is 0 Å². The van der Waals surface area contributed by atoms with Gasteiger partial charge in [-0.1, -0.05) is 55.7 Å². The van der Waals surface area contributed by atoms with Gasteiger partial charge in [0, 0.05) is 17.9 Å². The Hall–Kier alpha value is -3.67. The van der Waals surface area contributed by atoms with Crippen LogP contribution in [0.2, 0.25) is 0 Å². The van der Waals surface area contributed by atoms with Gasteiger partial charge in [-0.05, 0) is 61.7 Å². The first-order valence-corrected chi connectivity index (χ1v) is 12.0. The van der Waals surface area contributed by atoms with Gasteiger partial charge in [0.2, 0.25) is 5.91 Å². The van der Waals surface area contributed by atoms with Crippen LogP contribution in [0.4, 0.5) is 5.69 Å². The predicted molar refractivity (Wildman–Crippen MR) is 133 cm³/mol. The number of aromatic nitrogens is 1. The van der Waals surface area contributed by atoms with Gasteiger partial charge in [-0.2, -0.15) is 0 Å². The summed E-state index contributed by atoms with van der Waals surface area (Å²) in [6, 6.07) is 21.2. The third-order valence-corrected chi connectivity index (χ3v) is 6.10. The predicted octanol–water partition coefficient (Wildman–Crippen LogP) is 5.32. The van der Waals surface area contributed by atoms with E-state index in [0.717, 1.165) is 31.4 Å². The molecule has 176 valence electrons. The number of anilines is 1. The van der Waals surface area contributed by atoms with Gasteiger partial charge in [-0.25, -0.2) is 0 Å². The van der Waals surface area contributed by atoms with Gasteiger partial charge in [0.05, 0.1) is 6.61 Å².